The lowest BCUT2D eigenvalue weighted by atomic mass is 10.1. The fourth-order valence-electron chi connectivity index (χ4n) is 2.46. The zero-order chi connectivity index (χ0) is 16.3. The summed E-state index contributed by atoms with van der Waals surface area (Å²) in [5.74, 6) is -0.121. The minimum Gasteiger partial charge on any atom is -0.342 e. The molecule has 1 fully saturated rings. The number of hydrogen-bond donors (Lipinski definition) is 0. The van der Waals surface area contributed by atoms with Crippen LogP contribution in [0.15, 0.2) is 28.7 Å². The van der Waals surface area contributed by atoms with Crippen LogP contribution in [-0.4, -0.2) is 49.6 Å². The van der Waals surface area contributed by atoms with Gasteiger partial charge in [0.05, 0.1) is 11.5 Å². The van der Waals surface area contributed by atoms with E-state index in [1.807, 2.05) is 0 Å². The predicted molar refractivity (Wildman–Crippen MR) is 87.5 cm³/mol. The molecule has 0 saturated carbocycles. The number of amides is 1. The molecular formula is C15H18BrNO4S. The fraction of sp³-hybridized carbons (Fsp3) is 0.467. The first kappa shape index (κ1) is 17.1. The SMILES string of the molecule is CN(C(=O)CCC(=O)c1ccc(Br)cc1)C1CCS(=O)(=O)C1. The van der Waals surface area contributed by atoms with Crippen LogP contribution in [0.5, 0.6) is 0 Å². The van der Waals surface area contributed by atoms with Crippen molar-refractivity contribution < 1.29 is 18.0 Å². The molecule has 5 nitrogen and oxygen atoms in total. The van der Waals surface area contributed by atoms with Crippen LogP contribution in [0.25, 0.3) is 0 Å². The first-order chi connectivity index (χ1) is 10.3. The molecule has 1 heterocycles. The Bertz CT molecular complexity index is 669. The lowest BCUT2D eigenvalue weighted by molar-refractivity contribution is -0.131. The monoisotopic (exact) mass is 387 g/mol. The second-order valence-electron chi connectivity index (χ2n) is 5.49. The molecule has 120 valence electrons. The molecule has 1 atom stereocenters. The van der Waals surface area contributed by atoms with Gasteiger partial charge >= 0.3 is 0 Å². The van der Waals surface area contributed by atoms with Gasteiger partial charge in [0.1, 0.15) is 0 Å². The van der Waals surface area contributed by atoms with Crippen molar-refractivity contribution in [1.82, 2.24) is 4.90 Å². The number of nitrogens with zero attached hydrogens (tertiary/aromatic N) is 1. The zero-order valence-corrected chi connectivity index (χ0v) is 14.7. The van der Waals surface area contributed by atoms with Crippen molar-refractivity contribution in [2.45, 2.75) is 25.3 Å². The maximum Gasteiger partial charge on any atom is 0.223 e. The lowest BCUT2D eigenvalue weighted by Crippen LogP contribution is -2.37. The first-order valence-corrected chi connectivity index (χ1v) is 9.65. The third kappa shape index (κ3) is 4.39. The summed E-state index contributed by atoms with van der Waals surface area (Å²) in [6, 6.07) is 6.73. The maximum absolute atomic E-state index is 12.1. The molecule has 1 aliphatic heterocycles. The zero-order valence-electron chi connectivity index (χ0n) is 12.3. The summed E-state index contributed by atoms with van der Waals surface area (Å²) in [5.41, 5.74) is 0.571. The highest BCUT2D eigenvalue weighted by Crippen LogP contribution is 2.18. The molecule has 22 heavy (non-hydrogen) atoms. The summed E-state index contributed by atoms with van der Waals surface area (Å²) in [4.78, 5) is 25.6. The Morgan fingerprint density at radius 1 is 1.23 bits per heavy atom. The lowest BCUT2D eigenvalue weighted by Gasteiger charge is -2.23. The molecule has 0 aromatic heterocycles. The number of halogens is 1. The van der Waals surface area contributed by atoms with Gasteiger partial charge in [-0.25, -0.2) is 8.42 Å². The van der Waals surface area contributed by atoms with E-state index in [-0.39, 0.29) is 42.1 Å². The Balaban J connectivity index is 1.87. The van der Waals surface area contributed by atoms with Crippen molar-refractivity contribution in [2.24, 2.45) is 0 Å². The number of Topliss-reactive ketones (excluding diaryl/α,β-unsaturated/α-hetero) is 1. The van der Waals surface area contributed by atoms with E-state index in [0.29, 0.717) is 12.0 Å². The summed E-state index contributed by atoms with van der Waals surface area (Å²) in [7, 11) is -1.41. The van der Waals surface area contributed by atoms with E-state index < -0.39 is 9.84 Å². The van der Waals surface area contributed by atoms with E-state index in [1.165, 1.54) is 4.90 Å². The van der Waals surface area contributed by atoms with Crippen LogP contribution in [0, 0.1) is 0 Å². The molecule has 0 bridgehead atoms. The molecule has 0 radical (unpaired) electrons. The molecular weight excluding hydrogens is 370 g/mol. The first-order valence-electron chi connectivity index (χ1n) is 7.03. The third-order valence-electron chi connectivity index (χ3n) is 3.88. The Morgan fingerprint density at radius 2 is 1.86 bits per heavy atom. The number of benzene rings is 1. The average Bonchev–Trinajstić information content (AvgIpc) is 2.84. The quantitative estimate of drug-likeness (QED) is 0.724. The molecule has 1 unspecified atom stereocenters. The Morgan fingerprint density at radius 3 is 2.41 bits per heavy atom. The van der Waals surface area contributed by atoms with Crippen LogP contribution in [0.3, 0.4) is 0 Å². The molecule has 1 aromatic carbocycles. The smallest absolute Gasteiger partial charge is 0.223 e. The van der Waals surface area contributed by atoms with E-state index >= 15 is 0 Å². The van der Waals surface area contributed by atoms with E-state index in [4.69, 9.17) is 0 Å². The standard InChI is InChI=1S/C15H18BrNO4S/c1-17(13-8-9-22(20,21)10-13)15(19)7-6-14(18)11-2-4-12(16)5-3-11/h2-5,13H,6-10H2,1H3. The minimum absolute atomic E-state index is 0.0237. The molecule has 1 aromatic rings. The van der Waals surface area contributed by atoms with Crippen molar-refractivity contribution in [2.75, 3.05) is 18.6 Å². The third-order valence-corrected chi connectivity index (χ3v) is 6.16. The Hall–Kier alpha value is -1.21. The van der Waals surface area contributed by atoms with E-state index in [0.717, 1.165) is 4.47 Å². The van der Waals surface area contributed by atoms with Crippen LogP contribution in [0.1, 0.15) is 29.6 Å². The summed E-state index contributed by atoms with van der Waals surface area (Å²) in [5, 5.41) is 0. The maximum atomic E-state index is 12.1. The number of carbonyl (C=O) groups excluding carboxylic acids is 2. The van der Waals surface area contributed by atoms with Gasteiger partial charge in [0.25, 0.3) is 0 Å². The fourth-order valence-corrected chi connectivity index (χ4v) is 4.50. The summed E-state index contributed by atoms with van der Waals surface area (Å²) >= 11 is 3.30. The van der Waals surface area contributed by atoms with E-state index in [9.17, 15) is 18.0 Å². The summed E-state index contributed by atoms with van der Waals surface area (Å²) in [6.07, 6.45) is 0.706. The molecule has 0 spiro atoms. The van der Waals surface area contributed by atoms with Crippen LogP contribution >= 0.6 is 15.9 Å². The van der Waals surface area contributed by atoms with E-state index in [2.05, 4.69) is 15.9 Å². The number of rotatable bonds is 5. The van der Waals surface area contributed by atoms with Gasteiger partial charge in [-0.2, -0.15) is 0 Å². The highest BCUT2D eigenvalue weighted by Gasteiger charge is 2.32. The van der Waals surface area contributed by atoms with Gasteiger partial charge in [-0.1, -0.05) is 28.1 Å². The van der Waals surface area contributed by atoms with Crippen molar-refractivity contribution in [3.63, 3.8) is 0 Å². The Kier molecular flexibility index (Phi) is 5.39. The van der Waals surface area contributed by atoms with Crippen molar-refractivity contribution in [3.8, 4) is 0 Å². The van der Waals surface area contributed by atoms with Gasteiger partial charge in [0.15, 0.2) is 15.6 Å². The number of sulfone groups is 1. The predicted octanol–water partition coefficient (Wildman–Crippen LogP) is 2.06. The van der Waals surface area contributed by atoms with Crippen molar-refractivity contribution in [3.05, 3.63) is 34.3 Å². The molecule has 1 saturated heterocycles. The van der Waals surface area contributed by atoms with Gasteiger partial charge in [-0.3, -0.25) is 9.59 Å². The molecule has 1 amide bonds. The van der Waals surface area contributed by atoms with Crippen molar-refractivity contribution >= 4 is 37.5 Å². The van der Waals surface area contributed by atoms with Gasteiger partial charge in [0.2, 0.25) is 5.91 Å². The Labute approximate surface area is 138 Å². The number of hydrogen-bond acceptors (Lipinski definition) is 4. The topological polar surface area (TPSA) is 71.5 Å². The average molecular weight is 388 g/mol. The van der Waals surface area contributed by atoms with Gasteiger partial charge in [-0.05, 0) is 18.6 Å². The second-order valence-corrected chi connectivity index (χ2v) is 8.64. The molecule has 0 N–H and O–H groups in total. The van der Waals surface area contributed by atoms with Crippen molar-refractivity contribution in [1.29, 1.82) is 0 Å². The van der Waals surface area contributed by atoms with Crippen LogP contribution in [-0.2, 0) is 14.6 Å². The largest absolute Gasteiger partial charge is 0.342 e. The summed E-state index contributed by atoms with van der Waals surface area (Å²) in [6.45, 7) is 0. The number of ketones is 1. The molecule has 1 aliphatic rings. The molecule has 0 aliphatic carbocycles. The minimum atomic E-state index is -3.02. The highest BCUT2D eigenvalue weighted by atomic mass is 79.9. The highest BCUT2D eigenvalue weighted by molar-refractivity contribution is 9.10. The normalized spacial score (nSPS) is 19.8. The summed E-state index contributed by atoms with van der Waals surface area (Å²) < 4.78 is 23.8. The van der Waals surface area contributed by atoms with Crippen LogP contribution in [0.2, 0.25) is 0 Å². The van der Waals surface area contributed by atoms with Crippen LogP contribution < -0.4 is 0 Å². The number of carbonyl (C=O) groups is 2. The van der Waals surface area contributed by atoms with Gasteiger partial charge < -0.3 is 4.90 Å². The molecule has 7 heteroatoms. The van der Waals surface area contributed by atoms with Gasteiger partial charge in [-0.15, -0.1) is 0 Å². The van der Waals surface area contributed by atoms with Crippen LogP contribution in [0.4, 0.5) is 0 Å². The van der Waals surface area contributed by atoms with E-state index in [1.54, 1.807) is 31.3 Å². The molecule has 2 rings (SSSR count). The second kappa shape index (κ2) is 6.91. The van der Waals surface area contributed by atoms with Gasteiger partial charge in [0, 0.05) is 36.0 Å².